The van der Waals surface area contributed by atoms with Crippen LogP contribution in [0.25, 0.3) is 10.2 Å². The number of pyridine rings is 1. The molecule has 0 spiro atoms. The number of hydrogen-bond acceptors (Lipinski definition) is 9. The average molecular weight is 557 g/mol. The van der Waals surface area contributed by atoms with Crippen molar-refractivity contribution in [2.24, 2.45) is 10.7 Å². The highest BCUT2D eigenvalue weighted by Gasteiger charge is 2.22. The monoisotopic (exact) mass is 556 g/mol. The SMILES string of the molecule is C=C(NCC)N1CCCC(N=C(N)c2c(Oc3ccc(C(=O)Nc4nc5ccccc5s4)cc3)ccnc2N)C1. The number of benzene rings is 2. The van der Waals surface area contributed by atoms with Crippen LogP contribution in [0.3, 0.4) is 0 Å². The molecule has 2 aromatic carbocycles. The van der Waals surface area contributed by atoms with E-state index < -0.39 is 0 Å². The Bertz CT molecular complexity index is 1520. The molecule has 2 aromatic heterocycles. The number of piperidine rings is 1. The Kier molecular flexibility index (Phi) is 8.11. The van der Waals surface area contributed by atoms with Gasteiger partial charge in [-0.1, -0.05) is 30.0 Å². The van der Waals surface area contributed by atoms with E-state index in [-0.39, 0.29) is 23.6 Å². The van der Waals surface area contributed by atoms with E-state index in [2.05, 4.69) is 32.1 Å². The van der Waals surface area contributed by atoms with Crippen molar-refractivity contribution in [2.75, 3.05) is 30.7 Å². The molecule has 1 fully saturated rings. The Morgan fingerprint density at radius 1 is 1.23 bits per heavy atom. The minimum absolute atomic E-state index is 0.00941. The van der Waals surface area contributed by atoms with Gasteiger partial charge in [-0.2, -0.15) is 0 Å². The first-order valence-electron chi connectivity index (χ1n) is 13.1. The molecule has 1 saturated heterocycles. The standard InChI is InChI=1S/C29H32N8O2S/c1-3-32-18(2)37-16-6-7-20(17-37)34-27(31)25-23(14-15-33-26(25)30)39-21-12-10-19(11-13-21)28(38)36-29-35-22-8-4-5-9-24(22)40-29/h4-5,8-15,20,32H,2-3,6-7,16-17H2,1H3,(H2,30,33)(H2,31,34)(H,35,36,38). The van der Waals surface area contributed by atoms with Gasteiger partial charge in [-0.05, 0) is 56.2 Å². The molecule has 3 heterocycles. The molecule has 4 aromatic rings. The van der Waals surface area contributed by atoms with Gasteiger partial charge in [0.1, 0.15) is 28.7 Å². The predicted molar refractivity (Wildman–Crippen MR) is 161 cm³/mol. The van der Waals surface area contributed by atoms with E-state index in [1.165, 1.54) is 11.3 Å². The minimum Gasteiger partial charge on any atom is -0.456 e. The second-order valence-corrected chi connectivity index (χ2v) is 10.4. The number of carbonyl (C=O) groups excluding carboxylic acids is 1. The topological polar surface area (TPSA) is 144 Å². The number of hydrogen-bond donors (Lipinski definition) is 4. The molecule has 1 amide bonds. The van der Waals surface area contributed by atoms with Gasteiger partial charge in [-0.3, -0.25) is 15.1 Å². The van der Waals surface area contributed by atoms with Gasteiger partial charge in [0.15, 0.2) is 5.13 Å². The predicted octanol–water partition coefficient (Wildman–Crippen LogP) is 4.57. The Labute approximate surface area is 236 Å². The van der Waals surface area contributed by atoms with E-state index in [9.17, 15) is 4.79 Å². The summed E-state index contributed by atoms with van der Waals surface area (Å²) < 4.78 is 7.14. The Morgan fingerprint density at radius 3 is 2.80 bits per heavy atom. The van der Waals surface area contributed by atoms with E-state index in [1.54, 1.807) is 36.5 Å². The molecule has 206 valence electrons. The molecule has 0 bridgehead atoms. The number of carbonyl (C=O) groups is 1. The molecule has 0 saturated carbocycles. The number of para-hydroxylation sites is 1. The van der Waals surface area contributed by atoms with E-state index in [1.807, 2.05) is 31.2 Å². The summed E-state index contributed by atoms with van der Waals surface area (Å²) in [5.41, 5.74) is 14.4. The van der Waals surface area contributed by atoms with Gasteiger partial charge < -0.3 is 26.4 Å². The number of rotatable bonds is 9. The summed E-state index contributed by atoms with van der Waals surface area (Å²) in [6.45, 7) is 8.61. The van der Waals surface area contributed by atoms with Crippen molar-refractivity contribution in [3.63, 3.8) is 0 Å². The number of amides is 1. The fraction of sp³-hybridized carbons (Fsp3) is 0.241. The number of amidine groups is 1. The lowest BCUT2D eigenvalue weighted by Crippen LogP contribution is -2.41. The summed E-state index contributed by atoms with van der Waals surface area (Å²) in [5, 5.41) is 6.68. The average Bonchev–Trinajstić information content (AvgIpc) is 3.36. The Balaban J connectivity index is 1.28. The third-order valence-electron chi connectivity index (χ3n) is 6.54. The van der Waals surface area contributed by atoms with Gasteiger partial charge >= 0.3 is 0 Å². The first-order valence-corrected chi connectivity index (χ1v) is 13.9. The second-order valence-electron chi connectivity index (χ2n) is 9.37. The third kappa shape index (κ3) is 6.15. The second kappa shape index (κ2) is 12.0. The van der Waals surface area contributed by atoms with Crippen molar-refractivity contribution in [3.8, 4) is 11.5 Å². The number of fused-ring (bicyclic) bond motifs is 1. The van der Waals surface area contributed by atoms with Gasteiger partial charge in [-0.25, -0.2) is 9.97 Å². The van der Waals surface area contributed by atoms with Crippen LogP contribution in [0.2, 0.25) is 0 Å². The number of nitrogens with two attached hydrogens (primary N) is 2. The van der Waals surface area contributed by atoms with Crippen LogP contribution in [0, 0.1) is 0 Å². The fourth-order valence-corrected chi connectivity index (χ4v) is 5.44. The molecule has 5 rings (SSSR count). The molecular formula is C29H32N8O2S. The van der Waals surface area contributed by atoms with Crippen LogP contribution in [-0.4, -0.2) is 52.3 Å². The van der Waals surface area contributed by atoms with Crippen LogP contribution in [0.15, 0.2) is 78.2 Å². The Morgan fingerprint density at radius 2 is 2.02 bits per heavy atom. The molecule has 1 aliphatic heterocycles. The molecule has 0 aliphatic carbocycles. The van der Waals surface area contributed by atoms with Crippen molar-refractivity contribution in [1.82, 2.24) is 20.2 Å². The lowest BCUT2D eigenvalue weighted by Gasteiger charge is -2.34. The first kappa shape index (κ1) is 26.9. The fourth-order valence-electron chi connectivity index (χ4n) is 4.58. The zero-order chi connectivity index (χ0) is 28.1. The van der Waals surface area contributed by atoms with Gasteiger partial charge in [-0.15, -0.1) is 0 Å². The lowest BCUT2D eigenvalue weighted by molar-refractivity contribution is 0.102. The van der Waals surface area contributed by atoms with Crippen molar-refractivity contribution in [2.45, 2.75) is 25.8 Å². The van der Waals surface area contributed by atoms with E-state index in [0.29, 0.717) is 34.3 Å². The minimum atomic E-state index is -0.255. The van der Waals surface area contributed by atoms with Gasteiger partial charge in [0, 0.05) is 37.5 Å². The van der Waals surface area contributed by atoms with E-state index in [0.717, 1.165) is 42.0 Å². The first-order chi connectivity index (χ1) is 19.4. The number of ether oxygens (including phenoxy) is 1. The lowest BCUT2D eigenvalue weighted by atomic mass is 10.1. The Hall–Kier alpha value is -4.64. The van der Waals surface area contributed by atoms with Crippen LogP contribution in [0.5, 0.6) is 11.5 Å². The zero-order valence-corrected chi connectivity index (χ0v) is 23.1. The number of nitrogens with one attached hydrogen (secondary N) is 2. The molecule has 1 unspecified atom stereocenters. The molecule has 10 nitrogen and oxygen atoms in total. The van der Waals surface area contributed by atoms with Gasteiger partial charge in [0.2, 0.25) is 0 Å². The largest absolute Gasteiger partial charge is 0.456 e. The number of anilines is 2. The van der Waals surface area contributed by atoms with Crippen molar-refractivity contribution in [1.29, 1.82) is 0 Å². The number of nitrogen functional groups attached to an aromatic ring is 1. The van der Waals surface area contributed by atoms with Crippen LogP contribution in [0.4, 0.5) is 10.9 Å². The summed E-state index contributed by atoms with van der Waals surface area (Å²) in [7, 11) is 0. The quantitative estimate of drug-likeness (QED) is 0.173. The molecule has 40 heavy (non-hydrogen) atoms. The highest BCUT2D eigenvalue weighted by Crippen LogP contribution is 2.30. The van der Waals surface area contributed by atoms with E-state index >= 15 is 0 Å². The summed E-state index contributed by atoms with van der Waals surface area (Å²) >= 11 is 1.43. The van der Waals surface area contributed by atoms with Crippen LogP contribution in [-0.2, 0) is 0 Å². The molecule has 6 N–H and O–H groups in total. The number of aliphatic imine (C=N–C) groups is 1. The van der Waals surface area contributed by atoms with E-state index in [4.69, 9.17) is 21.2 Å². The summed E-state index contributed by atoms with van der Waals surface area (Å²) in [4.78, 5) is 28.4. The van der Waals surface area contributed by atoms with Crippen molar-refractivity contribution < 1.29 is 9.53 Å². The molecule has 1 atom stereocenters. The van der Waals surface area contributed by atoms with Crippen LogP contribution >= 0.6 is 11.3 Å². The van der Waals surface area contributed by atoms with Gasteiger partial charge in [0.05, 0.1) is 22.1 Å². The number of aromatic nitrogens is 2. The molecular weight excluding hydrogens is 524 g/mol. The van der Waals surface area contributed by atoms with Crippen molar-refractivity contribution in [3.05, 3.63) is 84.3 Å². The summed E-state index contributed by atoms with van der Waals surface area (Å²) in [6, 6.07) is 16.2. The normalized spacial score (nSPS) is 15.6. The molecule has 0 radical (unpaired) electrons. The van der Waals surface area contributed by atoms with Crippen LogP contribution in [0.1, 0.15) is 35.7 Å². The maximum Gasteiger partial charge on any atom is 0.257 e. The maximum absolute atomic E-state index is 12.8. The third-order valence-corrected chi connectivity index (χ3v) is 7.49. The van der Waals surface area contributed by atoms with Crippen molar-refractivity contribution >= 4 is 44.2 Å². The number of nitrogens with zero attached hydrogens (tertiary/aromatic N) is 4. The summed E-state index contributed by atoms with van der Waals surface area (Å²) in [5.74, 6) is 2.09. The smallest absolute Gasteiger partial charge is 0.257 e. The molecule has 11 heteroatoms. The highest BCUT2D eigenvalue weighted by atomic mass is 32.1. The molecule has 1 aliphatic rings. The summed E-state index contributed by atoms with van der Waals surface area (Å²) in [6.07, 6.45) is 3.45. The zero-order valence-electron chi connectivity index (χ0n) is 22.3. The number of likely N-dealkylation sites (tertiary alicyclic amines) is 1. The number of thiazole rings is 1. The van der Waals surface area contributed by atoms with Gasteiger partial charge in [0.25, 0.3) is 5.91 Å². The highest BCUT2D eigenvalue weighted by molar-refractivity contribution is 7.22. The van der Waals surface area contributed by atoms with Crippen LogP contribution < -0.4 is 26.8 Å². The maximum atomic E-state index is 12.8.